The number of aliphatic carboxylic acids is 1. The van der Waals surface area contributed by atoms with Crippen LogP contribution in [-0.4, -0.2) is 35.6 Å². The second-order valence-corrected chi connectivity index (χ2v) is 4.58. The van der Waals surface area contributed by atoms with Crippen LogP contribution in [-0.2, 0) is 4.79 Å². The van der Waals surface area contributed by atoms with Crippen LogP contribution in [0.5, 0.6) is 0 Å². The third-order valence-electron chi connectivity index (χ3n) is 3.20. The zero-order valence-electron chi connectivity index (χ0n) is 11.4. The maximum Gasteiger partial charge on any atom is 0.311 e. The van der Waals surface area contributed by atoms with E-state index in [0.717, 1.165) is 0 Å². The molecule has 1 amide bonds. The first-order valence-corrected chi connectivity index (χ1v) is 6.08. The van der Waals surface area contributed by atoms with E-state index in [2.05, 4.69) is 15.6 Å². The van der Waals surface area contributed by atoms with Crippen molar-refractivity contribution in [3.63, 3.8) is 0 Å². The fraction of sp³-hybridized carbons (Fsp3) is 0.462. The predicted molar refractivity (Wildman–Crippen MR) is 72.2 cm³/mol. The molecule has 1 heterocycles. The summed E-state index contributed by atoms with van der Waals surface area (Å²) in [6.07, 6.45) is 2.03. The first-order chi connectivity index (χ1) is 8.92. The van der Waals surface area contributed by atoms with Crippen LogP contribution >= 0.6 is 0 Å². The number of nitrogens with zero attached hydrogens (tertiary/aromatic N) is 1. The van der Waals surface area contributed by atoms with Gasteiger partial charge in [0.25, 0.3) is 5.91 Å². The number of carbonyl (C=O) groups is 2. The van der Waals surface area contributed by atoms with Gasteiger partial charge in [-0.15, -0.1) is 0 Å². The maximum atomic E-state index is 11.4. The molecule has 19 heavy (non-hydrogen) atoms. The molecular weight excluding hydrogens is 246 g/mol. The smallest absolute Gasteiger partial charge is 0.311 e. The third kappa shape index (κ3) is 3.67. The van der Waals surface area contributed by atoms with Gasteiger partial charge in [0.1, 0.15) is 5.69 Å². The van der Waals surface area contributed by atoms with E-state index in [9.17, 15) is 14.7 Å². The SMILES string of the molecule is CCC(C)(CNc1ccnc(C(=O)NC)c1)C(=O)O. The predicted octanol–water partition coefficient (Wildman–Crippen LogP) is 1.35. The summed E-state index contributed by atoms with van der Waals surface area (Å²) in [5.41, 5.74) is 0.131. The standard InChI is InChI=1S/C13H19N3O3/c1-4-13(2,12(18)19)8-16-9-5-6-15-10(7-9)11(17)14-3/h5-7H,4,8H2,1-3H3,(H,14,17)(H,15,16)(H,18,19). The third-order valence-corrected chi connectivity index (χ3v) is 3.20. The van der Waals surface area contributed by atoms with Gasteiger partial charge in [-0.2, -0.15) is 0 Å². The number of nitrogens with one attached hydrogen (secondary N) is 2. The molecule has 3 N–H and O–H groups in total. The number of carbonyl (C=O) groups excluding carboxylic acids is 1. The van der Waals surface area contributed by atoms with E-state index in [1.165, 1.54) is 13.2 Å². The van der Waals surface area contributed by atoms with Crippen molar-refractivity contribution >= 4 is 17.6 Å². The van der Waals surface area contributed by atoms with E-state index >= 15 is 0 Å². The normalized spacial score (nSPS) is 13.4. The number of carboxylic acids is 1. The zero-order valence-corrected chi connectivity index (χ0v) is 11.4. The van der Waals surface area contributed by atoms with Crippen LogP contribution in [0, 0.1) is 5.41 Å². The minimum absolute atomic E-state index is 0.278. The van der Waals surface area contributed by atoms with E-state index in [-0.39, 0.29) is 12.5 Å². The van der Waals surface area contributed by atoms with Crippen molar-refractivity contribution in [2.75, 3.05) is 18.9 Å². The van der Waals surface area contributed by atoms with E-state index in [1.807, 2.05) is 6.92 Å². The van der Waals surface area contributed by atoms with Gasteiger partial charge in [0.05, 0.1) is 5.41 Å². The highest BCUT2D eigenvalue weighted by Crippen LogP contribution is 2.22. The number of hydrogen-bond donors (Lipinski definition) is 3. The molecule has 0 aliphatic carbocycles. The highest BCUT2D eigenvalue weighted by molar-refractivity contribution is 5.92. The Balaban J connectivity index is 2.78. The van der Waals surface area contributed by atoms with Gasteiger partial charge in [0.2, 0.25) is 0 Å². The van der Waals surface area contributed by atoms with Crippen molar-refractivity contribution in [2.24, 2.45) is 5.41 Å². The van der Waals surface area contributed by atoms with Crippen LogP contribution in [0.3, 0.4) is 0 Å². The average molecular weight is 265 g/mol. The lowest BCUT2D eigenvalue weighted by molar-refractivity contribution is -0.147. The van der Waals surface area contributed by atoms with Crippen LogP contribution in [0.1, 0.15) is 30.8 Å². The summed E-state index contributed by atoms with van der Waals surface area (Å²) in [6, 6.07) is 3.29. The minimum atomic E-state index is -0.844. The van der Waals surface area contributed by atoms with Crippen molar-refractivity contribution in [3.8, 4) is 0 Å². The molecule has 0 spiro atoms. The lowest BCUT2D eigenvalue weighted by Gasteiger charge is -2.23. The minimum Gasteiger partial charge on any atom is -0.481 e. The summed E-state index contributed by atoms with van der Waals surface area (Å²) < 4.78 is 0. The van der Waals surface area contributed by atoms with Gasteiger partial charge >= 0.3 is 5.97 Å². The largest absolute Gasteiger partial charge is 0.481 e. The van der Waals surface area contributed by atoms with Gasteiger partial charge in [0, 0.05) is 25.5 Å². The molecule has 1 rings (SSSR count). The molecule has 0 aliphatic rings. The Morgan fingerprint density at radius 1 is 1.47 bits per heavy atom. The van der Waals surface area contributed by atoms with Gasteiger partial charge in [-0.05, 0) is 25.5 Å². The van der Waals surface area contributed by atoms with Crippen LogP contribution in [0.4, 0.5) is 5.69 Å². The highest BCUT2D eigenvalue weighted by atomic mass is 16.4. The maximum absolute atomic E-state index is 11.4. The van der Waals surface area contributed by atoms with E-state index in [0.29, 0.717) is 17.8 Å². The van der Waals surface area contributed by atoms with E-state index < -0.39 is 11.4 Å². The Labute approximate surface area is 112 Å². The molecule has 0 saturated heterocycles. The van der Waals surface area contributed by atoms with Gasteiger partial charge in [-0.3, -0.25) is 14.6 Å². The van der Waals surface area contributed by atoms with Crippen molar-refractivity contribution in [1.82, 2.24) is 10.3 Å². The van der Waals surface area contributed by atoms with Crippen molar-refractivity contribution in [2.45, 2.75) is 20.3 Å². The second-order valence-electron chi connectivity index (χ2n) is 4.58. The molecule has 1 atom stereocenters. The monoisotopic (exact) mass is 265 g/mol. The van der Waals surface area contributed by atoms with Gasteiger partial charge < -0.3 is 15.7 Å². The molecule has 0 saturated carbocycles. The lowest BCUT2D eigenvalue weighted by Crippen LogP contribution is -2.34. The summed E-state index contributed by atoms with van der Waals surface area (Å²) in [6.45, 7) is 3.80. The number of amides is 1. The highest BCUT2D eigenvalue weighted by Gasteiger charge is 2.30. The van der Waals surface area contributed by atoms with Crippen LogP contribution < -0.4 is 10.6 Å². The first kappa shape index (κ1) is 14.9. The number of pyridine rings is 1. The zero-order chi connectivity index (χ0) is 14.5. The molecule has 0 aliphatic heterocycles. The quantitative estimate of drug-likeness (QED) is 0.722. The molecule has 1 unspecified atom stereocenters. The van der Waals surface area contributed by atoms with Gasteiger partial charge in [-0.25, -0.2) is 0 Å². The molecule has 0 bridgehead atoms. The first-order valence-electron chi connectivity index (χ1n) is 6.08. The molecule has 104 valence electrons. The Morgan fingerprint density at radius 3 is 2.68 bits per heavy atom. The second kappa shape index (κ2) is 6.17. The summed E-state index contributed by atoms with van der Waals surface area (Å²) >= 11 is 0. The summed E-state index contributed by atoms with van der Waals surface area (Å²) in [4.78, 5) is 26.6. The molecular formula is C13H19N3O3. The summed E-state index contributed by atoms with van der Waals surface area (Å²) in [7, 11) is 1.53. The fourth-order valence-corrected chi connectivity index (χ4v) is 1.44. The van der Waals surface area contributed by atoms with Gasteiger partial charge in [0.15, 0.2) is 0 Å². The Hall–Kier alpha value is -2.11. The topological polar surface area (TPSA) is 91.3 Å². The molecule has 0 aromatic carbocycles. The number of rotatable bonds is 6. The van der Waals surface area contributed by atoms with Gasteiger partial charge in [-0.1, -0.05) is 6.92 Å². The van der Waals surface area contributed by atoms with Crippen LogP contribution in [0.2, 0.25) is 0 Å². The summed E-state index contributed by atoms with van der Waals surface area (Å²) in [5, 5.41) is 14.7. The Morgan fingerprint density at radius 2 is 2.16 bits per heavy atom. The molecule has 0 fully saturated rings. The van der Waals surface area contributed by atoms with Crippen LogP contribution in [0.25, 0.3) is 0 Å². The van der Waals surface area contributed by atoms with Crippen molar-refractivity contribution in [1.29, 1.82) is 0 Å². The molecule has 6 heteroatoms. The van der Waals surface area contributed by atoms with Crippen molar-refractivity contribution in [3.05, 3.63) is 24.0 Å². The number of hydrogen-bond acceptors (Lipinski definition) is 4. The molecule has 6 nitrogen and oxygen atoms in total. The Kier molecular flexibility index (Phi) is 4.86. The fourth-order valence-electron chi connectivity index (χ4n) is 1.44. The summed E-state index contributed by atoms with van der Waals surface area (Å²) in [5.74, 6) is -1.12. The number of anilines is 1. The van der Waals surface area contributed by atoms with E-state index in [1.54, 1.807) is 19.1 Å². The number of aromatic nitrogens is 1. The van der Waals surface area contributed by atoms with Crippen molar-refractivity contribution < 1.29 is 14.7 Å². The number of carboxylic acid groups (broad SMARTS) is 1. The molecule has 0 radical (unpaired) electrons. The Bertz CT molecular complexity index is 476. The lowest BCUT2D eigenvalue weighted by atomic mass is 9.87. The molecule has 1 aromatic heterocycles. The molecule has 1 aromatic rings. The average Bonchev–Trinajstić information content (AvgIpc) is 2.43. The van der Waals surface area contributed by atoms with Crippen LogP contribution in [0.15, 0.2) is 18.3 Å². The van der Waals surface area contributed by atoms with E-state index in [4.69, 9.17) is 0 Å².